The molecule has 4 rings (SSSR count). The number of carbonyl (C=O) groups excluding carboxylic acids is 1. The van der Waals surface area contributed by atoms with Gasteiger partial charge in [0.05, 0.1) is 23.7 Å². The molecule has 1 aliphatic rings. The SMILES string of the molecule is O=C(c1cccc(-n2nccc2-c2ccccc2)c1)N1CCC(O)CC1. The highest BCUT2D eigenvalue weighted by Crippen LogP contribution is 2.23. The number of hydrogen-bond acceptors (Lipinski definition) is 3. The van der Waals surface area contributed by atoms with Crippen LogP contribution in [0.25, 0.3) is 16.9 Å². The second-order valence-electron chi connectivity index (χ2n) is 6.57. The molecular weight excluding hydrogens is 326 g/mol. The highest BCUT2D eigenvalue weighted by Gasteiger charge is 2.22. The highest BCUT2D eigenvalue weighted by atomic mass is 16.3. The molecule has 3 aromatic rings. The van der Waals surface area contributed by atoms with Crippen molar-refractivity contribution in [1.29, 1.82) is 0 Å². The fourth-order valence-corrected chi connectivity index (χ4v) is 3.36. The molecule has 2 heterocycles. The van der Waals surface area contributed by atoms with Gasteiger partial charge in [-0.15, -0.1) is 0 Å². The van der Waals surface area contributed by atoms with Crippen molar-refractivity contribution >= 4 is 5.91 Å². The summed E-state index contributed by atoms with van der Waals surface area (Å²) >= 11 is 0. The minimum atomic E-state index is -0.289. The average Bonchev–Trinajstić information content (AvgIpc) is 3.19. The Labute approximate surface area is 152 Å². The number of carbonyl (C=O) groups is 1. The molecule has 1 aliphatic heterocycles. The van der Waals surface area contributed by atoms with Crippen LogP contribution in [0, 0.1) is 0 Å². The molecule has 132 valence electrons. The fourth-order valence-electron chi connectivity index (χ4n) is 3.36. The standard InChI is InChI=1S/C21H21N3O2/c25-19-10-13-23(14-11-19)21(26)17-7-4-8-18(15-17)24-20(9-12-22-24)16-5-2-1-3-6-16/h1-9,12,15,19,25H,10-11,13-14H2. The molecular formula is C21H21N3O2. The van der Waals surface area contributed by atoms with Crippen LogP contribution < -0.4 is 0 Å². The van der Waals surface area contributed by atoms with Gasteiger partial charge in [-0.05, 0) is 37.1 Å². The third-order valence-electron chi connectivity index (χ3n) is 4.80. The summed E-state index contributed by atoms with van der Waals surface area (Å²) in [5, 5.41) is 14.1. The number of aliphatic hydroxyl groups is 1. The topological polar surface area (TPSA) is 58.4 Å². The molecule has 0 saturated carbocycles. The van der Waals surface area contributed by atoms with Crippen LogP contribution in [-0.2, 0) is 0 Å². The van der Waals surface area contributed by atoms with Crippen LogP contribution >= 0.6 is 0 Å². The minimum absolute atomic E-state index is 0.00664. The first-order chi connectivity index (χ1) is 12.7. The van der Waals surface area contributed by atoms with E-state index >= 15 is 0 Å². The first kappa shape index (κ1) is 16.5. The third-order valence-corrected chi connectivity index (χ3v) is 4.80. The molecule has 1 aromatic heterocycles. The van der Waals surface area contributed by atoms with Crippen molar-refractivity contribution in [2.45, 2.75) is 18.9 Å². The summed E-state index contributed by atoms with van der Waals surface area (Å²) < 4.78 is 1.85. The maximum atomic E-state index is 12.8. The number of nitrogens with zero attached hydrogens (tertiary/aromatic N) is 3. The first-order valence-corrected chi connectivity index (χ1v) is 8.89. The largest absolute Gasteiger partial charge is 0.393 e. The lowest BCUT2D eigenvalue weighted by Crippen LogP contribution is -2.40. The summed E-state index contributed by atoms with van der Waals surface area (Å²) in [5.74, 6) is 0.00664. The summed E-state index contributed by atoms with van der Waals surface area (Å²) in [6.45, 7) is 1.20. The van der Waals surface area contributed by atoms with E-state index in [1.807, 2.05) is 70.2 Å². The lowest BCUT2D eigenvalue weighted by molar-refractivity contribution is 0.0546. The van der Waals surface area contributed by atoms with Crippen molar-refractivity contribution in [2.75, 3.05) is 13.1 Å². The van der Waals surface area contributed by atoms with Crippen molar-refractivity contribution < 1.29 is 9.90 Å². The van der Waals surface area contributed by atoms with Gasteiger partial charge in [0.1, 0.15) is 0 Å². The highest BCUT2D eigenvalue weighted by molar-refractivity contribution is 5.94. The lowest BCUT2D eigenvalue weighted by atomic mass is 10.1. The first-order valence-electron chi connectivity index (χ1n) is 8.89. The van der Waals surface area contributed by atoms with Crippen molar-refractivity contribution in [2.24, 2.45) is 0 Å². The maximum Gasteiger partial charge on any atom is 0.253 e. The van der Waals surface area contributed by atoms with Crippen LogP contribution in [0.5, 0.6) is 0 Å². The molecule has 5 nitrogen and oxygen atoms in total. The van der Waals surface area contributed by atoms with Crippen molar-refractivity contribution in [3.63, 3.8) is 0 Å². The van der Waals surface area contributed by atoms with Gasteiger partial charge in [0, 0.05) is 24.2 Å². The van der Waals surface area contributed by atoms with Crippen LogP contribution in [0.4, 0.5) is 0 Å². The van der Waals surface area contributed by atoms with Gasteiger partial charge in [0.2, 0.25) is 0 Å². The predicted molar refractivity (Wildman–Crippen MR) is 100 cm³/mol. The van der Waals surface area contributed by atoms with E-state index in [-0.39, 0.29) is 12.0 Å². The Morgan fingerprint density at radius 2 is 1.77 bits per heavy atom. The predicted octanol–water partition coefficient (Wildman–Crippen LogP) is 3.14. The van der Waals surface area contributed by atoms with E-state index in [0.29, 0.717) is 31.5 Å². The van der Waals surface area contributed by atoms with Crippen LogP contribution in [0.2, 0.25) is 0 Å². The Bertz CT molecular complexity index is 896. The monoisotopic (exact) mass is 347 g/mol. The van der Waals surface area contributed by atoms with Gasteiger partial charge in [-0.25, -0.2) is 4.68 Å². The Hall–Kier alpha value is -2.92. The molecule has 0 aliphatic carbocycles. The molecule has 1 amide bonds. The number of amides is 1. The van der Waals surface area contributed by atoms with E-state index in [1.165, 1.54) is 0 Å². The average molecular weight is 347 g/mol. The number of benzene rings is 2. The van der Waals surface area contributed by atoms with Gasteiger partial charge in [-0.2, -0.15) is 5.10 Å². The van der Waals surface area contributed by atoms with Crippen LogP contribution in [-0.4, -0.2) is 44.9 Å². The Morgan fingerprint density at radius 1 is 1.00 bits per heavy atom. The zero-order chi connectivity index (χ0) is 17.9. The molecule has 0 unspecified atom stereocenters. The van der Waals surface area contributed by atoms with Gasteiger partial charge in [0.15, 0.2) is 0 Å². The summed E-state index contributed by atoms with van der Waals surface area (Å²) in [6, 6.07) is 19.6. The van der Waals surface area contributed by atoms with Crippen molar-refractivity contribution in [3.05, 3.63) is 72.4 Å². The van der Waals surface area contributed by atoms with E-state index in [1.54, 1.807) is 6.20 Å². The van der Waals surface area contributed by atoms with E-state index in [2.05, 4.69) is 5.10 Å². The molecule has 0 bridgehead atoms. The van der Waals surface area contributed by atoms with Crippen molar-refractivity contribution in [1.82, 2.24) is 14.7 Å². The lowest BCUT2D eigenvalue weighted by Gasteiger charge is -2.29. The molecule has 0 spiro atoms. The van der Waals surface area contributed by atoms with Gasteiger partial charge in [0.25, 0.3) is 5.91 Å². The van der Waals surface area contributed by atoms with E-state index in [9.17, 15) is 9.90 Å². The van der Waals surface area contributed by atoms with Gasteiger partial charge >= 0.3 is 0 Å². The summed E-state index contributed by atoms with van der Waals surface area (Å²) in [5.41, 5.74) is 3.56. The normalized spacial score (nSPS) is 15.2. The van der Waals surface area contributed by atoms with Gasteiger partial charge in [-0.3, -0.25) is 4.79 Å². The molecule has 1 N–H and O–H groups in total. The minimum Gasteiger partial charge on any atom is -0.393 e. The zero-order valence-corrected chi connectivity index (χ0v) is 14.5. The van der Waals surface area contributed by atoms with Crippen LogP contribution in [0.15, 0.2) is 66.9 Å². The number of likely N-dealkylation sites (tertiary alicyclic amines) is 1. The Morgan fingerprint density at radius 3 is 2.54 bits per heavy atom. The van der Waals surface area contributed by atoms with Gasteiger partial charge < -0.3 is 10.0 Å². The van der Waals surface area contributed by atoms with Crippen LogP contribution in [0.1, 0.15) is 23.2 Å². The second-order valence-corrected chi connectivity index (χ2v) is 6.57. The molecule has 5 heteroatoms. The van der Waals surface area contributed by atoms with Crippen molar-refractivity contribution in [3.8, 4) is 16.9 Å². The number of piperidine rings is 1. The third kappa shape index (κ3) is 3.26. The molecule has 26 heavy (non-hydrogen) atoms. The second kappa shape index (κ2) is 7.14. The Kier molecular flexibility index (Phi) is 4.54. The number of rotatable bonds is 3. The van der Waals surface area contributed by atoms with Crippen LogP contribution in [0.3, 0.4) is 0 Å². The molecule has 0 atom stereocenters. The number of aliphatic hydroxyl groups excluding tert-OH is 1. The Balaban J connectivity index is 1.63. The van der Waals surface area contributed by atoms with E-state index < -0.39 is 0 Å². The van der Waals surface area contributed by atoms with E-state index in [4.69, 9.17) is 0 Å². The van der Waals surface area contributed by atoms with E-state index in [0.717, 1.165) is 16.9 Å². The smallest absolute Gasteiger partial charge is 0.253 e. The van der Waals surface area contributed by atoms with Gasteiger partial charge in [-0.1, -0.05) is 36.4 Å². The fraction of sp³-hybridized carbons (Fsp3) is 0.238. The number of aromatic nitrogens is 2. The molecule has 1 saturated heterocycles. The molecule has 2 aromatic carbocycles. The maximum absolute atomic E-state index is 12.8. The molecule has 0 radical (unpaired) electrons. The summed E-state index contributed by atoms with van der Waals surface area (Å²) in [7, 11) is 0. The quantitative estimate of drug-likeness (QED) is 0.792. The number of hydrogen-bond donors (Lipinski definition) is 1. The zero-order valence-electron chi connectivity index (χ0n) is 14.5. The summed E-state index contributed by atoms with van der Waals surface area (Å²) in [4.78, 5) is 14.6. The molecule has 1 fully saturated rings. The summed E-state index contributed by atoms with van der Waals surface area (Å²) in [6.07, 6.45) is 2.76.